The molecule has 0 saturated carbocycles. The van der Waals surface area contributed by atoms with Gasteiger partial charge in [-0.25, -0.2) is 0 Å². The van der Waals surface area contributed by atoms with Gasteiger partial charge in [-0.1, -0.05) is 6.07 Å². The molecule has 0 spiro atoms. The lowest BCUT2D eigenvalue weighted by Crippen LogP contribution is -2.35. The summed E-state index contributed by atoms with van der Waals surface area (Å²) in [6.07, 6.45) is 2.08. The molecule has 2 aliphatic rings. The van der Waals surface area contributed by atoms with Crippen LogP contribution in [-0.2, 0) is 16.1 Å². The Morgan fingerprint density at radius 2 is 2.05 bits per heavy atom. The fourth-order valence-electron chi connectivity index (χ4n) is 2.69. The summed E-state index contributed by atoms with van der Waals surface area (Å²) in [5.74, 6) is 1.42. The number of carbonyl (C=O) groups is 1. The van der Waals surface area contributed by atoms with E-state index in [1.165, 1.54) is 0 Å². The maximum absolute atomic E-state index is 12.1. The molecule has 1 aromatic rings. The van der Waals surface area contributed by atoms with Gasteiger partial charge in [-0.05, 0) is 30.5 Å². The summed E-state index contributed by atoms with van der Waals surface area (Å²) < 4.78 is 16.8. The minimum Gasteiger partial charge on any atom is -0.490 e. The molecule has 1 saturated heterocycles. The maximum atomic E-state index is 12.1. The monoisotopic (exact) mass is 306 g/mol. The molecule has 22 heavy (non-hydrogen) atoms. The predicted octanol–water partition coefficient (Wildman–Crippen LogP) is 0.970. The highest BCUT2D eigenvalue weighted by Gasteiger charge is 2.29. The molecule has 1 amide bonds. The van der Waals surface area contributed by atoms with Crippen molar-refractivity contribution in [2.75, 3.05) is 19.8 Å². The van der Waals surface area contributed by atoms with Gasteiger partial charge < -0.3 is 25.3 Å². The molecule has 2 heterocycles. The van der Waals surface area contributed by atoms with E-state index < -0.39 is 0 Å². The van der Waals surface area contributed by atoms with Crippen LogP contribution in [0.4, 0.5) is 0 Å². The van der Waals surface area contributed by atoms with E-state index in [0.29, 0.717) is 26.3 Å². The number of ether oxygens (including phenoxy) is 3. The van der Waals surface area contributed by atoms with Crippen LogP contribution in [-0.4, -0.2) is 37.9 Å². The zero-order chi connectivity index (χ0) is 15.4. The molecular formula is C16H22N2O4. The second kappa shape index (κ2) is 6.98. The molecule has 2 atom stereocenters. The number of nitrogens with one attached hydrogen (secondary N) is 1. The van der Waals surface area contributed by atoms with Gasteiger partial charge in [0.25, 0.3) is 0 Å². The summed E-state index contributed by atoms with van der Waals surface area (Å²) in [5, 5.41) is 2.91. The van der Waals surface area contributed by atoms with Gasteiger partial charge in [-0.15, -0.1) is 0 Å². The fraction of sp³-hybridized carbons (Fsp3) is 0.562. The van der Waals surface area contributed by atoms with Gasteiger partial charge in [-0.2, -0.15) is 0 Å². The second-order valence-electron chi connectivity index (χ2n) is 5.61. The first-order valence-corrected chi connectivity index (χ1v) is 7.78. The van der Waals surface area contributed by atoms with Crippen molar-refractivity contribution in [3.8, 4) is 11.5 Å². The van der Waals surface area contributed by atoms with Crippen molar-refractivity contribution in [3.63, 3.8) is 0 Å². The minimum absolute atomic E-state index is 0.00814. The summed E-state index contributed by atoms with van der Waals surface area (Å²) in [7, 11) is 0. The molecule has 6 heteroatoms. The third-order valence-corrected chi connectivity index (χ3v) is 3.94. The van der Waals surface area contributed by atoms with Crippen LogP contribution in [0.1, 0.15) is 24.8 Å². The molecule has 1 fully saturated rings. The van der Waals surface area contributed by atoms with Crippen LogP contribution in [0, 0.1) is 0 Å². The normalized spacial score (nSPS) is 23.9. The Balaban J connectivity index is 1.55. The van der Waals surface area contributed by atoms with Crippen LogP contribution in [0.5, 0.6) is 11.5 Å². The molecule has 0 aromatic heterocycles. The third kappa shape index (κ3) is 3.51. The van der Waals surface area contributed by atoms with E-state index in [-0.39, 0.29) is 18.1 Å². The van der Waals surface area contributed by atoms with Crippen molar-refractivity contribution in [2.24, 2.45) is 5.73 Å². The largest absolute Gasteiger partial charge is 0.490 e. The molecule has 3 N–H and O–H groups in total. The lowest BCUT2D eigenvalue weighted by molar-refractivity contribution is -0.132. The van der Waals surface area contributed by atoms with Crippen LogP contribution in [0.25, 0.3) is 0 Å². The number of amides is 1. The van der Waals surface area contributed by atoms with Crippen molar-refractivity contribution >= 4 is 5.91 Å². The summed E-state index contributed by atoms with van der Waals surface area (Å²) in [5.41, 5.74) is 6.53. The number of benzene rings is 1. The Bertz CT molecular complexity index is 535. The molecule has 1 aromatic carbocycles. The van der Waals surface area contributed by atoms with Gasteiger partial charge in [0.15, 0.2) is 11.5 Å². The number of fused-ring (bicyclic) bond motifs is 1. The lowest BCUT2D eigenvalue weighted by atomic mass is 10.1. The predicted molar refractivity (Wildman–Crippen MR) is 80.8 cm³/mol. The minimum atomic E-state index is -0.381. The first-order chi connectivity index (χ1) is 10.8. The van der Waals surface area contributed by atoms with E-state index in [2.05, 4.69) is 5.32 Å². The number of hydrogen-bond donors (Lipinski definition) is 2. The molecule has 120 valence electrons. The Hall–Kier alpha value is -1.79. The summed E-state index contributed by atoms with van der Waals surface area (Å²) in [6.45, 7) is 2.23. The topological polar surface area (TPSA) is 82.8 Å². The van der Waals surface area contributed by atoms with Crippen LogP contribution >= 0.6 is 0 Å². The molecule has 0 unspecified atom stereocenters. The number of nitrogens with two attached hydrogens (primary N) is 1. The summed E-state index contributed by atoms with van der Waals surface area (Å²) >= 11 is 0. The average molecular weight is 306 g/mol. The fourth-order valence-corrected chi connectivity index (χ4v) is 2.69. The molecule has 0 bridgehead atoms. The highest BCUT2D eigenvalue weighted by Crippen LogP contribution is 2.30. The van der Waals surface area contributed by atoms with Crippen molar-refractivity contribution in [1.29, 1.82) is 0 Å². The highest BCUT2D eigenvalue weighted by molar-refractivity contribution is 5.81. The van der Waals surface area contributed by atoms with E-state index in [1.807, 2.05) is 18.2 Å². The molecule has 2 aliphatic heterocycles. The first kappa shape index (κ1) is 15.1. The Morgan fingerprint density at radius 1 is 1.23 bits per heavy atom. The van der Waals surface area contributed by atoms with Crippen molar-refractivity contribution < 1.29 is 19.0 Å². The zero-order valence-corrected chi connectivity index (χ0v) is 12.5. The first-order valence-electron chi connectivity index (χ1n) is 7.78. The quantitative estimate of drug-likeness (QED) is 0.866. The highest BCUT2D eigenvalue weighted by atomic mass is 16.5. The van der Waals surface area contributed by atoms with Crippen LogP contribution in [0.3, 0.4) is 0 Å². The number of hydrogen-bond acceptors (Lipinski definition) is 5. The smallest absolute Gasteiger partial charge is 0.249 e. The second-order valence-corrected chi connectivity index (χ2v) is 5.61. The standard InChI is InChI=1S/C16H22N2O4/c17-9-12-3-5-14(22-12)16(19)18-10-11-2-4-13-15(8-11)21-7-1-6-20-13/h2,4,8,12,14H,1,3,5-7,9-10,17H2,(H,18,19)/t12-,14+/m1/s1. The van der Waals surface area contributed by atoms with Gasteiger partial charge in [0.2, 0.25) is 5.91 Å². The maximum Gasteiger partial charge on any atom is 0.249 e. The lowest BCUT2D eigenvalue weighted by Gasteiger charge is -2.13. The molecule has 0 radical (unpaired) electrons. The third-order valence-electron chi connectivity index (χ3n) is 3.94. The van der Waals surface area contributed by atoms with E-state index in [9.17, 15) is 4.79 Å². The summed E-state index contributed by atoms with van der Waals surface area (Å²) in [4.78, 5) is 12.1. The number of carbonyl (C=O) groups excluding carboxylic acids is 1. The van der Waals surface area contributed by atoms with Gasteiger partial charge in [0.05, 0.1) is 19.3 Å². The van der Waals surface area contributed by atoms with Crippen LogP contribution < -0.4 is 20.5 Å². The van der Waals surface area contributed by atoms with Crippen LogP contribution in [0.2, 0.25) is 0 Å². The molecular weight excluding hydrogens is 284 g/mol. The van der Waals surface area contributed by atoms with Crippen LogP contribution in [0.15, 0.2) is 18.2 Å². The Labute approximate surface area is 129 Å². The Kier molecular flexibility index (Phi) is 4.80. The van der Waals surface area contributed by atoms with E-state index in [4.69, 9.17) is 19.9 Å². The number of rotatable bonds is 4. The SMILES string of the molecule is NC[C@H]1CC[C@@H](C(=O)NCc2ccc3c(c2)OCCCO3)O1. The van der Waals surface area contributed by atoms with E-state index in [0.717, 1.165) is 36.3 Å². The Morgan fingerprint density at radius 3 is 2.82 bits per heavy atom. The van der Waals surface area contributed by atoms with Gasteiger partial charge in [0.1, 0.15) is 6.10 Å². The zero-order valence-electron chi connectivity index (χ0n) is 12.5. The molecule has 3 rings (SSSR count). The van der Waals surface area contributed by atoms with Gasteiger partial charge >= 0.3 is 0 Å². The van der Waals surface area contributed by atoms with Gasteiger partial charge in [0, 0.05) is 19.5 Å². The van der Waals surface area contributed by atoms with Gasteiger partial charge in [-0.3, -0.25) is 4.79 Å². The van der Waals surface area contributed by atoms with Crippen molar-refractivity contribution in [2.45, 2.75) is 38.0 Å². The molecule has 6 nitrogen and oxygen atoms in total. The average Bonchev–Trinajstić information content (AvgIpc) is 2.91. The van der Waals surface area contributed by atoms with E-state index >= 15 is 0 Å². The molecule has 0 aliphatic carbocycles. The van der Waals surface area contributed by atoms with Crippen molar-refractivity contribution in [3.05, 3.63) is 23.8 Å². The summed E-state index contributed by atoms with van der Waals surface area (Å²) in [6, 6.07) is 5.74. The van der Waals surface area contributed by atoms with Crippen molar-refractivity contribution in [1.82, 2.24) is 5.32 Å². The van der Waals surface area contributed by atoms with E-state index in [1.54, 1.807) is 0 Å².